The average Bonchev–Trinajstić information content (AvgIpc) is 2.45. The summed E-state index contributed by atoms with van der Waals surface area (Å²) in [7, 11) is 0. The predicted octanol–water partition coefficient (Wildman–Crippen LogP) is 3.48. The fourth-order valence-electron chi connectivity index (χ4n) is 2.50. The lowest BCUT2D eigenvalue weighted by Gasteiger charge is -2.37. The van der Waals surface area contributed by atoms with Crippen molar-refractivity contribution in [1.82, 2.24) is 9.80 Å². The van der Waals surface area contributed by atoms with E-state index in [0.29, 0.717) is 22.7 Å². The number of carbonyl (C=O) groups excluding carboxylic acids is 1. The number of carbonyl (C=O) groups is 1. The van der Waals surface area contributed by atoms with Gasteiger partial charge in [0.05, 0.1) is 5.56 Å². The van der Waals surface area contributed by atoms with E-state index in [-0.39, 0.29) is 11.5 Å². The molecule has 2 rings (SSSR count). The van der Waals surface area contributed by atoms with Crippen LogP contribution in [-0.2, 0) is 6.18 Å². The topological polar surface area (TPSA) is 23.6 Å². The first kappa shape index (κ1) is 17.5. The number of amides is 1. The molecule has 1 amide bonds. The molecule has 0 spiro atoms. The minimum atomic E-state index is -4.44. The molecule has 1 aromatic carbocycles. The third kappa shape index (κ3) is 4.13. The van der Waals surface area contributed by atoms with Crippen molar-refractivity contribution in [2.24, 2.45) is 0 Å². The molecule has 0 unspecified atom stereocenters. The molecular weight excluding hydrogens is 408 g/mol. The maximum atomic E-state index is 12.9. The Balaban J connectivity index is 2.15. The van der Waals surface area contributed by atoms with Crippen LogP contribution in [0, 0.1) is 3.57 Å². The van der Waals surface area contributed by atoms with Gasteiger partial charge in [-0.1, -0.05) is 0 Å². The van der Waals surface area contributed by atoms with Crippen molar-refractivity contribution in [3.8, 4) is 0 Å². The number of hydrogen-bond donors (Lipinski definition) is 0. The molecule has 0 aromatic heterocycles. The highest BCUT2D eigenvalue weighted by Crippen LogP contribution is 2.31. The van der Waals surface area contributed by atoms with E-state index >= 15 is 0 Å². The smallest absolute Gasteiger partial charge is 0.336 e. The van der Waals surface area contributed by atoms with Crippen LogP contribution in [0.15, 0.2) is 18.2 Å². The number of hydrogen-bond acceptors (Lipinski definition) is 2. The fraction of sp³-hybridized carbons (Fsp3) is 0.533. The second-order valence-electron chi connectivity index (χ2n) is 5.65. The third-order valence-electron chi connectivity index (χ3n) is 3.80. The van der Waals surface area contributed by atoms with Crippen LogP contribution < -0.4 is 0 Å². The van der Waals surface area contributed by atoms with E-state index in [9.17, 15) is 18.0 Å². The maximum absolute atomic E-state index is 12.9. The first-order chi connectivity index (χ1) is 10.2. The standard InChI is InChI=1S/C15H18F3IN2O/c1-10(2)20-3-5-21(6-4-20)14(22)11-7-12(15(16,17)18)9-13(19)8-11/h7-10H,3-6H2,1-2H3. The molecule has 122 valence electrons. The van der Waals surface area contributed by atoms with Crippen molar-refractivity contribution in [3.63, 3.8) is 0 Å². The lowest BCUT2D eigenvalue weighted by Crippen LogP contribution is -2.50. The van der Waals surface area contributed by atoms with Crippen molar-refractivity contribution in [1.29, 1.82) is 0 Å². The number of halogens is 4. The van der Waals surface area contributed by atoms with Gasteiger partial charge in [-0.3, -0.25) is 9.69 Å². The van der Waals surface area contributed by atoms with Crippen LogP contribution in [0.25, 0.3) is 0 Å². The highest BCUT2D eigenvalue weighted by molar-refractivity contribution is 14.1. The van der Waals surface area contributed by atoms with E-state index in [1.54, 1.807) is 4.90 Å². The first-order valence-corrected chi connectivity index (χ1v) is 8.17. The molecule has 7 heteroatoms. The number of rotatable bonds is 2. The summed E-state index contributed by atoms with van der Waals surface area (Å²) in [6, 6.07) is 3.91. The number of piperazine rings is 1. The zero-order valence-corrected chi connectivity index (χ0v) is 14.6. The molecule has 0 N–H and O–H groups in total. The van der Waals surface area contributed by atoms with Gasteiger partial charge in [-0.2, -0.15) is 13.2 Å². The Bertz CT molecular complexity index is 552. The van der Waals surface area contributed by atoms with Crippen LogP contribution in [-0.4, -0.2) is 47.9 Å². The average molecular weight is 426 g/mol. The summed E-state index contributed by atoms with van der Waals surface area (Å²) in [6.45, 7) is 6.77. The van der Waals surface area contributed by atoms with Crippen LogP contribution in [0.1, 0.15) is 29.8 Å². The van der Waals surface area contributed by atoms with Gasteiger partial charge in [-0.05, 0) is 54.6 Å². The van der Waals surface area contributed by atoms with Crippen molar-refractivity contribution in [3.05, 3.63) is 32.9 Å². The molecule has 0 atom stereocenters. The minimum Gasteiger partial charge on any atom is -0.336 e. The van der Waals surface area contributed by atoms with Crippen LogP contribution >= 0.6 is 22.6 Å². The Morgan fingerprint density at radius 3 is 2.23 bits per heavy atom. The van der Waals surface area contributed by atoms with E-state index in [1.165, 1.54) is 6.07 Å². The molecule has 1 aliphatic heterocycles. The molecule has 1 aliphatic rings. The normalized spacial score (nSPS) is 17.1. The van der Waals surface area contributed by atoms with Gasteiger partial charge in [-0.15, -0.1) is 0 Å². The second kappa shape index (κ2) is 6.74. The Hall–Kier alpha value is -0.830. The molecule has 1 aromatic rings. The molecule has 0 aliphatic carbocycles. The molecule has 0 radical (unpaired) electrons. The van der Waals surface area contributed by atoms with Crippen molar-refractivity contribution < 1.29 is 18.0 Å². The second-order valence-corrected chi connectivity index (χ2v) is 6.89. The number of nitrogens with zero attached hydrogens (tertiary/aromatic N) is 2. The SMILES string of the molecule is CC(C)N1CCN(C(=O)c2cc(I)cc(C(F)(F)F)c2)CC1. The molecule has 1 fully saturated rings. The minimum absolute atomic E-state index is 0.109. The van der Waals surface area contributed by atoms with Crippen molar-refractivity contribution in [2.45, 2.75) is 26.1 Å². The predicted molar refractivity (Wildman–Crippen MR) is 86.8 cm³/mol. The molecule has 1 heterocycles. The summed E-state index contributed by atoms with van der Waals surface area (Å²) in [5, 5.41) is 0. The van der Waals surface area contributed by atoms with Gasteiger partial charge in [0.25, 0.3) is 5.91 Å². The van der Waals surface area contributed by atoms with Crippen LogP contribution in [0.5, 0.6) is 0 Å². The van der Waals surface area contributed by atoms with Gasteiger partial charge in [0, 0.05) is 41.4 Å². The Morgan fingerprint density at radius 2 is 1.73 bits per heavy atom. The van der Waals surface area contributed by atoms with Gasteiger partial charge in [0.1, 0.15) is 0 Å². The highest BCUT2D eigenvalue weighted by atomic mass is 127. The van der Waals surface area contributed by atoms with Gasteiger partial charge >= 0.3 is 6.18 Å². The Kier molecular flexibility index (Phi) is 5.37. The van der Waals surface area contributed by atoms with Crippen molar-refractivity contribution >= 4 is 28.5 Å². The van der Waals surface area contributed by atoms with Gasteiger partial charge in [0.2, 0.25) is 0 Å². The van der Waals surface area contributed by atoms with Crippen LogP contribution in [0.3, 0.4) is 0 Å². The summed E-state index contributed by atoms with van der Waals surface area (Å²) in [6.07, 6.45) is -4.44. The zero-order valence-electron chi connectivity index (χ0n) is 12.5. The Labute approximate surface area is 141 Å². The molecule has 22 heavy (non-hydrogen) atoms. The Morgan fingerprint density at radius 1 is 1.14 bits per heavy atom. The van der Waals surface area contributed by atoms with Gasteiger partial charge in [0.15, 0.2) is 0 Å². The summed E-state index contributed by atoms with van der Waals surface area (Å²) < 4.78 is 39.0. The van der Waals surface area contributed by atoms with E-state index in [0.717, 1.165) is 25.2 Å². The van der Waals surface area contributed by atoms with Crippen LogP contribution in [0.4, 0.5) is 13.2 Å². The van der Waals surface area contributed by atoms with E-state index < -0.39 is 11.7 Å². The third-order valence-corrected chi connectivity index (χ3v) is 4.43. The van der Waals surface area contributed by atoms with E-state index in [1.807, 2.05) is 22.6 Å². The summed E-state index contributed by atoms with van der Waals surface area (Å²) in [5.41, 5.74) is -0.666. The summed E-state index contributed by atoms with van der Waals surface area (Å²) in [4.78, 5) is 16.3. The summed E-state index contributed by atoms with van der Waals surface area (Å²) >= 11 is 1.81. The fourth-order valence-corrected chi connectivity index (χ4v) is 3.17. The van der Waals surface area contributed by atoms with Crippen LogP contribution in [0.2, 0.25) is 0 Å². The molecule has 0 saturated carbocycles. The van der Waals surface area contributed by atoms with Gasteiger partial charge < -0.3 is 4.90 Å². The van der Waals surface area contributed by atoms with E-state index in [4.69, 9.17) is 0 Å². The number of benzene rings is 1. The van der Waals surface area contributed by atoms with Crippen molar-refractivity contribution in [2.75, 3.05) is 26.2 Å². The lowest BCUT2D eigenvalue weighted by molar-refractivity contribution is -0.137. The zero-order chi connectivity index (χ0) is 16.5. The molecular formula is C15H18F3IN2O. The first-order valence-electron chi connectivity index (χ1n) is 7.09. The molecule has 1 saturated heterocycles. The van der Waals surface area contributed by atoms with Gasteiger partial charge in [-0.25, -0.2) is 0 Å². The quantitative estimate of drug-likeness (QED) is 0.677. The largest absolute Gasteiger partial charge is 0.416 e. The van der Waals surface area contributed by atoms with E-state index in [2.05, 4.69) is 18.7 Å². The summed E-state index contributed by atoms with van der Waals surface area (Å²) in [5.74, 6) is -0.326. The lowest BCUT2D eigenvalue weighted by atomic mass is 10.1. The maximum Gasteiger partial charge on any atom is 0.416 e. The monoisotopic (exact) mass is 426 g/mol. The molecule has 3 nitrogen and oxygen atoms in total. The highest BCUT2D eigenvalue weighted by Gasteiger charge is 2.32. The molecule has 0 bridgehead atoms. The number of alkyl halides is 3.